The number of hydrogen-bond acceptors (Lipinski definition) is 2. The van der Waals surface area contributed by atoms with Gasteiger partial charge in [-0.25, -0.2) is 4.98 Å². The molecule has 0 N–H and O–H groups in total. The van der Waals surface area contributed by atoms with E-state index in [1.807, 2.05) is 19.9 Å². The Kier molecular flexibility index (Phi) is 2.35. The van der Waals surface area contributed by atoms with Crippen LogP contribution in [-0.2, 0) is 0 Å². The van der Waals surface area contributed by atoms with Crippen LogP contribution in [0.2, 0.25) is 0 Å². The molecule has 1 aromatic heterocycles. The first-order chi connectivity index (χ1) is 5.69. The smallest absolute Gasteiger partial charge is 0.213 e. The van der Waals surface area contributed by atoms with Gasteiger partial charge in [0.15, 0.2) is 0 Å². The summed E-state index contributed by atoms with van der Waals surface area (Å²) in [7, 11) is 1.59. The summed E-state index contributed by atoms with van der Waals surface area (Å²) < 4.78 is 5.00. The van der Waals surface area contributed by atoms with Gasteiger partial charge in [-0.15, -0.1) is 6.42 Å². The van der Waals surface area contributed by atoms with Crippen LogP contribution in [0, 0.1) is 26.2 Å². The van der Waals surface area contributed by atoms with E-state index < -0.39 is 0 Å². The second kappa shape index (κ2) is 3.27. The molecule has 0 atom stereocenters. The SMILES string of the molecule is C#Cc1c(C)cc(OC)nc1C. The van der Waals surface area contributed by atoms with Crippen LogP contribution in [0.3, 0.4) is 0 Å². The van der Waals surface area contributed by atoms with Crippen LogP contribution in [-0.4, -0.2) is 12.1 Å². The van der Waals surface area contributed by atoms with Crippen molar-refractivity contribution in [1.82, 2.24) is 4.98 Å². The highest BCUT2D eigenvalue weighted by Gasteiger charge is 2.03. The van der Waals surface area contributed by atoms with Gasteiger partial charge in [0.2, 0.25) is 5.88 Å². The molecule has 0 saturated heterocycles. The summed E-state index contributed by atoms with van der Waals surface area (Å²) in [4.78, 5) is 4.16. The maximum absolute atomic E-state index is 5.31. The summed E-state index contributed by atoms with van der Waals surface area (Å²) in [6.45, 7) is 3.83. The number of nitrogens with zero attached hydrogens (tertiary/aromatic N) is 1. The van der Waals surface area contributed by atoms with E-state index in [9.17, 15) is 0 Å². The molecule has 2 heteroatoms. The van der Waals surface area contributed by atoms with E-state index in [1.54, 1.807) is 7.11 Å². The number of aryl methyl sites for hydroxylation is 2. The molecule has 0 radical (unpaired) electrons. The second-order valence-corrected chi connectivity index (χ2v) is 2.59. The summed E-state index contributed by atoms with van der Waals surface area (Å²) in [6, 6.07) is 1.84. The fourth-order valence-corrected chi connectivity index (χ4v) is 1.12. The number of ether oxygens (including phenoxy) is 1. The van der Waals surface area contributed by atoms with E-state index in [0.29, 0.717) is 5.88 Å². The lowest BCUT2D eigenvalue weighted by molar-refractivity contribution is 0.396. The average molecular weight is 161 g/mol. The lowest BCUT2D eigenvalue weighted by Gasteiger charge is -2.05. The van der Waals surface area contributed by atoms with Crippen LogP contribution in [0.4, 0.5) is 0 Å². The Labute approximate surface area is 72.6 Å². The van der Waals surface area contributed by atoms with Crippen molar-refractivity contribution in [3.05, 3.63) is 22.9 Å². The van der Waals surface area contributed by atoms with Crippen molar-refractivity contribution in [3.8, 4) is 18.2 Å². The molecule has 12 heavy (non-hydrogen) atoms. The van der Waals surface area contributed by atoms with Gasteiger partial charge in [-0.3, -0.25) is 0 Å². The van der Waals surface area contributed by atoms with Crippen molar-refractivity contribution < 1.29 is 4.74 Å². The Morgan fingerprint density at radius 1 is 1.50 bits per heavy atom. The molecule has 0 spiro atoms. The third-order valence-corrected chi connectivity index (χ3v) is 1.73. The summed E-state index contributed by atoms with van der Waals surface area (Å²) in [5.74, 6) is 3.21. The Bertz CT molecular complexity index is 313. The molecule has 0 unspecified atom stereocenters. The fourth-order valence-electron chi connectivity index (χ4n) is 1.12. The highest BCUT2D eigenvalue weighted by Crippen LogP contribution is 2.16. The van der Waals surface area contributed by atoms with Gasteiger partial charge in [-0.2, -0.15) is 0 Å². The minimum atomic E-state index is 0.615. The number of pyridine rings is 1. The fraction of sp³-hybridized carbons (Fsp3) is 0.300. The molecule has 2 nitrogen and oxygen atoms in total. The van der Waals surface area contributed by atoms with Crippen LogP contribution in [0.15, 0.2) is 6.07 Å². The zero-order valence-corrected chi connectivity index (χ0v) is 7.51. The number of terminal acetylenes is 1. The highest BCUT2D eigenvalue weighted by molar-refractivity contribution is 5.44. The van der Waals surface area contributed by atoms with Crippen molar-refractivity contribution in [2.75, 3.05) is 7.11 Å². The minimum Gasteiger partial charge on any atom is -0.481 e. The third-order valence-electron chi connectivity index (χ3n) is 1.73. The Hall–Kier alpha value is -1.49. The van der Waals surface area contributed by atoms with Gasteiger partial charge >= 0.3 is 0 Å². The lowest BCUT2D eigenvalue weighted by atomic mass is 10.1. The van der Waals surface area contributed by atoms with Crippen molar-refractivity contribution in [3.63, 3.8) is 0 Å². The van der Waals surface area contributed by atoms with Crippen molar-refractivity contribution in [1.29, 1.82) is 0 Å². The Balaban J connectivity index is 3.30. The first kappa shape index (κ1) is 8.61. The molecule has 0 aromatic carbocycles. The molecule has 0 fully saturated rings. The Morgan fingerprint density at radius 3 is 2.58 bits per heavy atom. The molecule has 0 aliphatic carbocycles. The van der Waals surface area contributed by atoms with E-state index in [-0.39, 0.29) is 0 Å². The molecule has 1 rings (SSSR count). The maximum Gasteiger partial charge on any atom is 0.213 e. The van der Waals surface area contributed by atoms with Gasteiger partial charge in [-0.1, -0.05) is 5.92 Å². The van der Waals surface area contributed by atoms with Gasteiger partial charge in [0.1, 0.15) is 0 Å². The zero-order chi connectivity index (χ0) is 9.14. The van der Waals surface area contributed by atoms with E-state index in [4.69, 9.17) is 11.2 Å². The predicted molar refractivity (Wildman–Crippen MR) is 48.2 cm³/mol. The maximum atomic E-state index is 5.31. The molecule has 1 heterocycles. The van der Waals surface area contributed by atoms with Crippen LogP contribution in [0.25, 0.3) is 0 Å². The molecule has 0 aliphatic rings. The molecular formula is C10H11NO. The van der Waals surface area contributed by atoms with Gasteiger partial charge in [0, 0.05) is 11.6 Å². The molecule has 0 saturated carbocycles. The van der Waals surface area contributed by atoms with Gasteiger partial charge in [0.25, 0.3) is 0 Å². The highest BCUT2D eigenvalue weighted by atomic mass is 16.5. The zero-order valence-electron chi connectivity index (χ0n) is 7.51. The summed E-state index contributed by atoms with van der Waals surface area (Å²) >= 11 is 0. The van der Waals surface area contributed by atoms with Crippen molar-refractivity contribution in [2.45, 2.75) is 13.8 Å². The van der Waals surface area contributed by atoms with E-state index in [1.165, 1.54) is 0 Å². The van der Waals surface area contributed by atoms with Crippen LogP contribution in [0.5, 0.6) is 5.88 Å². The molecule has 0 bridgehead atoms. The predicted octanol–water partition coefficient (Wildman–Crippen LogP) is 1.69. The molecule has 1 aromatic rings. The van der Waals surface area contributed by atoms with Crippen LogP contribution >= 0.6 is 0 Å². The van der Waals surface area contributed by atoms with Gasteiger partial charge in [-0.05, 0) is 19.4 Å². The first-order valence-corrected chi connectivity index (χ1v) is 3.68. The van der Waals surface area contributed by atoms with Crippen LogP contribution in [0.1, 0.15) is 16.8 Å². The van der Waals surface area contributed by atoms with Crippen LogP contribution < -0.4 is 4.74 Å². The topological polar surface area (TPSA) is 22.1 Å². The Morgan fingerprint density at radius 2 is 2.17 bits per heavy atom. The number of hydrogen-bond donors (Lipinski definition) is 0. The monoisotopic (exact) mass is 161 g/mol. The number of methoxy groups -OCH3 is 1. The van der Waals surface area contributed by atoms with E-state index in [2.05, 4.69) is 10.9 Å². The van der Waals surface area contributed by atoms with Crippen molar-refractivity contribution in [2.24, 2.45) is 0 Å². The molecule has 0 amide bonds. The third kappa shape index (κ3) is 1.40. The quantitative estimate of drug-likeness (QED) is 0.585. The number of rotatable bonds is 1. The minimum absolute atomic E-state index is 0.615. The molecular weight excluding hydrogens is 150 g/mol. The summed E-state index contributed by atoms with van der Waals surface area (Å²) in [6.07, 6.45) is 5.31. The first-order valence-electron chi connectivity index (χ1n) is 3.68. The lowest BCUT2D eigenvalue weighted by Crippen LogP contribution is -1.95. The average Bonchev–Trinajstić information content (AvgIpc) is 2.03. The normalized spacial score (nSPS) is 9.17. The summed E-state index contributed by atoms with van der Waals surface area (Å²) in [5.41, 5.74) is 2.73. The van der Waals surface area contributed by atoms with E-state index >= 15 is 0 Å². The second-order valence-electron chi connectivity index (χ2n) is 2.59. The van der Waals surface area contributed by atoms with Gasteiger partial charge in [0.05, 0.1) is 12.8 Å². The largest absolute Gasteiger partial charge is 0.481 e. The standard InChI is InChI=1S/C10H11NO/c1-5-9-7(2)6-10(12-4)11-8(9)3/h1,6H,2-4H3. The number of aromatic nitrogens is 1. The summed E-state index contributed by atoms with van der Waals surface area (Å²) in [5, 5.41) is 0. The van der Waals surface area contributed by atoms with Gasteiger partial charge < -0.3 is 4.74 Å². The van der Waals surface area contributed by atoms with E-state index in [0.717, 1.165) is 16.8 Å². The van der Waals surface area contributed by atoms with Crippen molar-refractivity contribution >= 4 is 0 Å². The molecule has 62 valence electrons. The molecule has 0 aliphatic heterocycles.